The van der Waals surface area contributed by atoms with Crippen LogP contribution in [0.5, 0.6) is 0 Å². The minimum Gasteiger partial charge on any atom is -0.480 e. The van der Waals surface area contributed by atoms with Crippen molar-refractivity contribution in [3.8, 4) is 0 Å². The van der Waals surface area contributed by atoms with Gasteiger partial charge in [-0.1, -0.05) is 11.6 Å². The van der Waals surface area contributed by atoms with Crippen LogP contribution >= 0.6 is 0 Å². The molecule has 6 nitrogen and oxygen atoms in total. The van der Waals surface area contributed by atoms with E-state index in [0.717, 1.165) is 22.2 Å². The molecular formula is C17H22N2O4. The molecule has 0 saturated heterocycles. The maximum absolute atomic E-state index is 11.8. The molecule has 1 atom stereocenters. The van der Waals surface area contributed by atoms with Gasteiger partial charge in [0.2, 0.25) is 0 Å². The highest BCUT2D eigenvalue weighted by Gasteiger charge is 2.24. The lowest BCUT2D eigenvalue weighted by Crippen LogP contribution is -2.44. The Morgan fingerprint density at radius 1 is 1.30 bits per heavy atom. The smallest absolute Gasteiger partial charge is 0.408 e. The third-order valence-corrected chi connectivity index (χ3v) is 3.25. The summed E-state index contributed by atoms with van der Waals surface area (Å²) in [5, 5.41) is 12.7. The number of aryl methyl sites for hydroxylation is 1. The fraction of sp³-hybridized carbons (Fsp3) is 0.412. The summed E-state index contributed by atoms with van der Waals surface area (Å²) in [6.07, 6.45) is -0.584. The first kappa shape index (κ1) is 16.9. The van der Waals surface area contributed by atoms with E-state index < -0.39 is 23.7 Å². The number of benzene rings is 1. The molecule has 0 aliphatic heterocycles. The highest BCUT2D eigenvalue weighted by Crippen LogP contribution is 2.18. The molecule has 2 rings (SSSR count). The van der Waals surface area contributed by atoms with E-state index in [1.807, 2.05) is 31.2 Å². The minimum absolute atomic E-state index is 0.155. The van der Waals surface area contributed by atoms with Gasteiger partial charge in [-0.15, -0.1) is 0 Å². The second-order valence-corrected chi connectivity index (χ2v) is 6.63. The molecule has 3 N–H and O–H groups in total. The molecule has 1 heterocycles. The highest BCUT2D eigenvalue weighted by atomic mass is 16.6. The molecule has 2 aromatic rings. The highest BCUT2D eigenvalue weighted by molar-refractivity contribution is 5.83. The standard InChI is InChI=1S/C17H22N2O4/c1-10-5-6-13-11(7-10)8-12(18-13)9-14(15(20)21)19-16(22)23-17(2,3)4/h5-8,14,18H,9H2,1-4H3,(H,19,22)(H,20,21). The van der Waals surface area contributed by atoms with Crippen LogP contribution in [-0.4, -0.2) is 33.8 Å². The van der Waals surface area contributed by atoms with Crippen molar-refractivity contribution in [3.05, 3.63) is 35.5 Å². The number of carbonyl (C=O) groups is 2. The van der Waals surface area contributed by atoms with Crippen molar-refractivity contribution in [1.82, 2.24) is 10.3 Å². The number of H-pyrrole nitrogens is 1. The number of aliphatic carboxylic acids is 1. The number of aromatic amines is 1. The monoisotopic (exact) mass is 318 g/mol. The van der Waals surface area contributed by atoms with Crippen LogP contribution in [0.3, 0.4) is 0 Å². The summed E-state index contributed by atoms with van der Waals surface area (Å²) < 4.78 is 5.11. The number of carbonyl (C=O) groups excluding carboxylic acids is 1. The maximum Gasteiger partial charge on any atom is 0.408 e. The van der Waals surface area contributed by atoms with Crippen molar-refractivity contribution in [3.63, 3.8) is 0 Å². The number of rotatable bonds is 4. The number of aromatic nitrogens is 1. The first-order valence-electron chi connectivity index (χ1n) is 7.44. The van der Waals surface area contributed by atoms with E-state index in [1.54, 1.807) is 20.8 Å². The van der Waals surface area contributed by atoms with E-state index in [9.17, 15) is 14.7 Å². The zero-order chi connectivity index (χ0) is 17.2. The van der Waals surface area contributed by atoms with Gasteiger partial charge in [-0.25, -0.2) is 9.59 Å². The predicted octanol–water partition coefficient (Wildman–Crippen LogP) is 3.00. The van der Waals surface area contributed by atoms with Crippen molar-refractivity contribution in [1.29, 1.82) is 0 Å². The quantitative estimate of drug-likeness (QED) is 0.808. The molecule has 0 fully saturated rings. The number of alkyl carbamates (subject to hydrolysis) is 1. The normalized spacial score (nSPS) is 12.9. The molecule has 1 aromatic carbocycles. The fourth-order valence-corrected chi connectivity index (χ4v) is 2.29. The van der Waals surface area contributed by atoms with Gasteiger partial charge < -0.3 is 20.1 Å². The van der Waals surface area contributed by atoms with Crippen LogP contribution in [0, 0.1) is 6.92 Å². The number of carboxylic acid groups (broad SMARTS) is 1. The van der Waals surface area contributed by atoms with Crippen LogP contribution in [0.15, 0.2) is 24.3 Å². The van der Waals surface area contributed by atoms with Gasteiger partial charge in [0.05, 0.1) is 0 Å². The summed E-state index contributed by atoms with van der Waals surface area (Å²) in [6, 6.07) is 6.79. The molecule has 0 spiro atoms. The van der Waals surface area contributed by atoms with E-state index in [1.165, 1.54) is 0 Å². The van der Waals surface area contributed by atoms with Gasteiger partial charge in [-0.2, -0.15) is 0 Å². The summed E-state index contributed by atoms with van der Waals surface area (Å²) in [7, 11) is 0. The third-order valence-electron chi connectivity index (χ3n) is 3.25. The van der Waals surface area contributed by atoms with Crippen LogP contribution in [-0.2, 0) is 16.0 Å². The molecule has 0 saturated carbocycles. The Hall–Kier alpha value is -2.50. The van der Waals surface area contributed by atoms with Crippen LogP contribution in [0.2, 0.25) is 0 Å². The third kappa shape index (κ3) is 4.74. The minimum atomic E-state index is -1.11. The molecule has 0 aliphatic carbocycles. The Morgan fingerprint density at radius 3 is 2.61 bits per heavy atom. The predicted molar refractivity (Wildman–Crippen MR) is 87.5 cm³/mol. The van der Waals surface area contributed by atoms with Crippen molar-refractivity contribution in [2.45, 2.75) is 45.8 Å². The molecular weight excluding hydrogens is 296 g/mol. The number of hydrogen-bond acceptors (Lipinski definition) is 3. The van der Waals surface area contributed by atoms with Gasteiger partial charge in [0.1, 0.15) is 11.6 Å². The largest absolute Gasteiger partial charge is 0.480 e. The van der Waals surface area contributed by atoms with Crippen molar-refractivity contribution < 1.29 is 19.4 Å². The molecule has 1 amide bonds. The first-order chi connectivity index (χ1) is 10.6. The Kier molecular flexibility index (Phi) is 4.63. The SMILES string of the molecule is Cc1ccc2[nH]c(CC(NC(=O)OC(C)(C)C)C(=O)O)cc2c1. The number of nitrogens with one attached hydrogen (secondary N) is 2. The Balaban J connectivity index is 2.11. The summed E-state index contributed by atoms with van der Waals surface area (Å²) in [4.78, 5) is 26.3. The summed E-state index contributed by atoms with van der Waals surface area (Å²) >= 11 is 0. The molecule has 124 valence electrons. The van der Waals surface area contributed by atoms with E-state index in [4.69, 9.17) is 4.74 Å². The zero-order valence-electron chi connectivity index (χ0n) is 13.8. The Bertz CT molecular complexity index is 728. The lowest BCUT2D eigenvalue weighted by Gasteiger charge is -2.21. The molecule has 23 heavy (non-hydrogen) atoms. The van der Waals surface area contributed by atoms with E-state index in [-0.39, 0.29) is 6.42 Å². The number of hydrogen-bond donors (Lipinski definition) is 3. The molecule has 0 aliphatic rings. The fourth-order valence-electron chi connectivity index (χ4n) is 2.29. The van der Waals surface area contributed by atoms with Crippen molar-refractivity contribution >= 4 is 23.0 Å². The molecule has 6 heteroatoms. The van der Waals surface area contributed by atoms with Gasteiger partial charge in [0, 0.05) is 17.6 Å². The maximum atomic E-state index is 11.8. The second-order valence-electron chi connectivity index (χ2n) is 6.63. The molecule has 0 radical (unpaired) electrons. The van der Waals surface area contributed by atoms with Gasteiger partial charge >= 0.3 is 12.1 Å². The molecule has 1 unspecified atom stereocenters. The molecule has 0 bridgehead atoms. The number of carboxylic acids is 1. The number of amides is 1. The Morgan fingerprint density at radius 2 is 2.00 bits per heavy atom. The van der Waals surface area contributed by atoms with Crippen molar-refractivity contribution in [2.24, 2.45) is 0 Å². The lowest BCUT2D eigenvalue weighted by atomic mass is 10.1. The second kappa shape index (κ2) is 6.32. The molecule has 1 aromatic heterocycles. The van der Waals surface area contributed by atoms with Crippen LogP contribution < -0.4 is 5.32 Å². The first-order valence-corrected chi connectivity index (χ1v) is 7.44. The van der Waals surface area contributed by atoms with E-state index in [2.05, 4.69) is 10.3 Å². The van der Waals surface area contributed by atoms with E-state index in [0.29, 0.717) is 0 Å². The summed E-state index contributed by atoms with van der Waals surface area (Å²) in [5.74, 6) is -1.11. The number of ether oxygens (including phenoxy) is 1. The topological polar surface area (TPSA) is 91.4 Å². The van der Waals surface area contributed by atoms with Crippen LogP contribution in [0.4, 0.5) is 4.79 Å². The van der Waals surface area contributed by atoms with Gasteiger partial charge in [0.25, 0.3) is 0 Å². The summed E-state index contributed by atoms with van der Waals surface area (Å²) in [5.41, 5.74) is 2.14. The van der Waals surface area contributed by atoms with Crippen molar-refractivity contribution in [2.75, 3.05) is 0 Å². The Labute approximate surface area is 134 Å². The zero-order valence-corrected chi connectivity index (χ0v) is 13.8. The van der Waals surface area contributed by atoms with Gasteiger partial charge in [-0.3, -0.25) is 0 Å². The lowest BCUT2D eigenvalue weighted by molar-refractivity contribution is -0.139. The van der Waals surface area contributed by atoms with Crippen LogP contribution in [0.25, 0.3) is 10.9 Å². The average Bonchev–Trinajstić information content (AvgIpc) is 2.76. The average molecular weight is 318 g/mol. The number of fused-ring (bicyclic) bond motifs is 1. The van der Waals surface area contributed by atoms with Gasteiger partial charge in [-0.05, 0) is 51.3 Å². The van der Waals surface area contributed by atoms with Gasteiger partial charge in [0.15, 0.2) is 0 Å². The summed E-state index contributed by atoms with van der Waals surface area (Å²) in [6.45, 7) is 7.17. The van der Waals surface area contributed by atoms with E-state index >= 15 is 0 Å². The van der Waals surface area contributed by atoms with Crippen LogP contribution in [0.1, 0.15) is 32.0 Å².